The van der Waals surface area contributed by atoms with E-state index in [2.05, 4.69) is 16.9 Å². The number of aryl methyl sites for hydroxylation is 1. The van der Waals surface area contributed by atoms with Crippen molar-refractivity contribution in [2.75, 3.05) is 12.1 Å². The Morgan fingerprint density at radius 2 is 2.00 bits per heavy atom. The highest BCUT2D eigenvalue weighted by Gasteiger charge is 2.13. The second kappa shape index (κ2) is 5.19. The molecule has 100 valence electrons. The van der Waals surface area contributed by atoms with Crippen molar-refractivity contribution >= 4 is 5.95 Å². The number of hydrogen-bond donors (Lipinski definition) is 1. The van der Waals surface area contributed by atoms with Crippen molar-refractivity contribution in [2.45, 2.75) is 13.3 Å². The number of nitrogens with zero attached hydrogens (tertiary/aromatic N) is 4. The van der Waals surface area contributed by atoms with Crippen LogP contribution >= 0.6 is 0 Å². The van der Waals surface area contributed by atoms with Gasteiger partial charge in [-0.1, -0.05) is 31.2 Å². The van der Waals surface area contributed by atoms with Crippen molar-refractivity contribution in [3.8, 4) is 11.4 Å². The van der Waals surface area contributed by atoms with Crippen LogP contribution in [0.3, 0.4) is 0 Å². The average Bonchev–Trinajstić information content (AvgIpc) is 2.41. The lowest BCUT2D eigenvalue weighted by Crippen LogP contribution is -2.33. The number of benzene rings is 1. The average molecular weight is 259 g/mol. The number of rotatable bonds is 3. The van der Waals surface area contributed by atoms with Gasteiger partial charge in [-0.25, -0.2) is 10.6 Å². The minimum absolute atomic E-state index is 0.212. The standard InChI is InChI=1S/C13H17N5O/c1-4-9-7-5-6-8-10(9)11-15-12(18(3)14)16-13(19)17(11)2/h5-8H,4,14H2,1-3H3. The minimum atomic E-state index is -0.372. The Labute approximate surface area is 111 Å². The summed E-state index contributed by atoms with van der Waals surface area (Å²) in [6, 6.07) is 7.86. The molecule has 0 atom stereocenters. The maximum absolute atomic E-state index is 11.9. The van der Waals surface area contributed by atoms with Gasteiger partial charge in [0.2, 0.25) is 5.95 Å². The van der Waals surface area contributed by atoms with Crippen molar-refractivity contribution in [3.63, 3.8) is 0 Å². The maximum Gasteiger partial charge on any atom is 0.352 e. The Morgan fingerprint density at radius 1 is 1.32 bits per heavy atom. The van der Waals surface area contributed by atoms with Gasteiger partial charge in [0.15, 0.2) is 0 Å². The summed E-state index contributed by atoms with van der Waals surface area (Å²) in [4.78, 5) is 20.0. The van der Waals surface area contributed by atoms with Gasteiger partial charge in [-0.15, -0.1) is 0 Å². The first kappa shape index (κ1) is 13.2. The largest absolute Gasteiger partial charge is 0.352 e. The van der Waals surface area contributed by atoms with Crippen LogP contribution in [0, 0.1) is 0 Å². The van der Waals surface area contributed by atoms with Gasteiger partial charge in [-0.2, -0.15) is 9.97 Å². The molecule has 0 saturated heterocycles. The molecule has 0 radical (unpaired) electrons. The molecule has 0 unspecified atom stereocenters. The van der Waals surface area contributed by atoms with E-state index in [0.717, 1.165) is 17.5 Å². The second-order valence-electron chi connectivity index (χ2n) is 4.31. The topological polar surface area (TPSA) is 77.0 Å². The fourth-order valence-corrected chi connectivity index (χ4v) is 1.89. The fourth-order valence-electron chi connectivity index (χ4n) is 1.89. The molecule has 1 aromatic carbocycles. The molecule has 1 heterocycles. The van der Waals surface area contributed by atoms with E-state index >= 15 is 0 Å². The molecule has 2 rings (SSSR count). The van der Waals surface area contributed by atoms with E-state index in [0.29, 0.717) is 5.82 Å². The number of anilines is 1. The maximum atomic E-state index is 11.9. The summed E-state index contributed by atoms with van der Waals surface area (Å²) in [6.07, 6.45) is 0.863. The number of nitrogens with two attached hydrogens (primary N) is 1. The van der Waals surface area contributed by atoms with Crippen molar-refractivity contribution in [1.82, 2.24) is 14.5 Å². The normalized spacial score (nSPS) is 10.5. The highest BCUT2D eigenvalue weighted by atomic mass is 16.1. The second-order valence-corrected chi connectivity index (χ2v) is 4.31. The molecule has 2 aromatic rings. The molecule has 0 aliphatic carbocycles. The molecule has 6 heteroatoms. The molecular weight excluding hydrogens is 242 g/mol. The van der Waals surface area contributed by atoms with Crippen LogP contribution in [-0.4, -0.2) is 21.6 Å². The molecule has 1 aromatic heterocycles. The number of hydrazine groups is 1. The van der Waals surface area contributed by atoms with Gasteiger partial charge in [0.25, 0.3) is 0 Å². The van der Waals surface area contributed by atoms with E-state index < -0.39 is 0 Å². The zero-order valence-corrected chi connectivity index (χ0v) is 11.3. The number of hydrogen-bond acceptors (Lipinski definition) is 5. The predicted octanol–water partition coefficient (Wildman–Crippen LogP) is 0.715. The summed E-state index contributed by atoms with van der Waals surface area (Å²) >= 11 is 0. The third-order valence-electron chi connectivity index (χ3n) is 2.96. The predicted molar refractivity (Wildman–Crippen MR) is 74.7 cm³/mol. The van der Waals surface area contributed by atoms with E-state index in [1.165, 1.54) is 9.58 Å². The van der Waals surface area contributed by atoms with E-state index in [1.54, 1.807) is 14.1 Å². The Morgan fingerprint density at radius 3 is 2.63 bits per heavy atom. The summed E-state index contributed by atoms with van der Waals surface area (Å²) in [7, 11) is 3.26. The Balaban J connectivity index is 2.71. The third kappa shape index (κ3) is 2.48. The van der Waals surface area contributed by atoms with Crippen LogP contribution in [-0.2, 0) is 13.5 Å². The lowest BCUT2D eigenvalue weighted by molar-refractivity contribution is 0.763. The smallest absolute Gasteiger partial charge is 0.282 e. The molecule has 19 heavy (non-hydrogen) atoms. The third-order valence-corrected chi connectivity index (χ3v) is 2.96. The lowest BCUT2D eigenvalue weighted by atomic mass is 10.0. The van der Waals surface area contributed by atoms with Crippen LogP contribution < -0.4 is 16.5 Å². The van der Waals surface area contributed by atoms with Crippen molar-refractivity contribution in [1.29, 1.82) is 0 Å². The summed E-state index contributed by atoms with van der Waals surface area (Å²) < 4.78 is 1.43. The highest BCUT2D eigenvalue weighted by molar-refractivity contribution is 5.61. The van der Waals surface area contributed by atoms with Gasteiger partial charge < -0.3 is 0 Å². The van der Waals surface area contributed by atoms with Crippen LogP contribution in [0.25, 0.3) is 11.4 Å². The molecule has 0 spiro atoms. The van der Waals surface area contributed by atoms with Crippen LogP contribution in [0.2, 0.25) is 0 Å². The SMILES string of the molecule is CCc1ccccc1-c1nc(N(C)N)nc(=O)n1C. The molecular formula is C13H17N5O. The minimum Gasteiger partial charge on any atom is -0.282 e. The van der Waals surface area contributed by atoms with E-state index in [-0.39, 0.29) is 11.6 Å². The Bertz CT molecular complexity index is 648. The van der Waals surface area contributed by atoms with Gasteiger partial charge in [-0.3, -0.25) is 9.58 Å². The molecule has 0 fully saturated rings. The summed E-state index contributed by atoms with van der Waals surface area (Å²) in [5.74, 6) is 6.40. The quantitative estimate of drug-likeness (QED) is 0.649. The van der Waals surface area contributed by atoms with Crippen LogP contribution in [0.1, 0.15) is 12.5 Å². The van der Waals surface area contributed by atoms with Crippen molar-refractivity contribution < 1.29 is 0 Å². The number of aromatic nitrogens is 3. The summed E-state index contributed by atoms with van der Waals surface area (Å²) in [6.45, 7) is 2.06. The molecule has 2 N–H and O–H groups in total. The van der Waals surface area contributed by atoms with Gasteiger partial charge in [0.1, 0.15) is 5.82 Å². The van der Waals surface area contributed by atoms with Gasteiger partial charge in [0, 0.05) is 19.7 Å². The molecule has 0 amide bonds. The first-order valence-corrected chi connectivity index (χ1v) is 6.06. The zero-order valence-electron chi connectivity index (χ0n) is 11.3. The van der Waals surface area contributed by atoms with E-state index in [9.17, 15) is 4.79 Å². The monoisotopic (exact) mass is 259 g/mol. The van der Waals surface area contributed by atoms with Gasteiger partial charge >= 0.3 is 5.69 Å². The highest BCUT2D eigenvalue weighted by Crippen LogP contribution is 2.21. The van der Waals surface area contributed by atoms with Crippen LogP contribution in [0.4, 0.5) is 5.95 Å². The zero-order chi connectivity index (χ0) is 14.0. The molecule has 0 aliphatic heterocycles. The summed E-state index contributed by atoms with van der Waals surface area (Å²) in [5.41, 5.74) is 1.68. The van der Waals surface area contributed by atoms with Crippen molar-refractivity contribution in [2.24, 2.45) is 12.9 Å². The van der Waals surface area contributed by atoms with Crippen molar-refractivity contribution in [3.05, 3.63) is 40.3 Å². The fraction of sp³-hybridized carbons (Fsp3) is 0.308. The molecule has 6 nitrogen and oxygen atoms in total. The van der Waals surface area contributed by atoms with Gasteiger partial charge in [0.05, 0.1) is 0 Å². The first-order valence-electron chi connectivity index (χ1n) is 6.06. The van der Waals surface area contributed by atoms with Crippen LogP contribution in [0.5, 0.6) is 0 Å². The van der Waals surface area contributed by atoms with E-state index in [4.69, 9.17) is 5.84 Å². The van der Waals surface area contributed by atoms with Crippen LogP contribution in [0.15, 0.2) is 29.1 Å². The summed E-state index contributed by atoms with van der Waals surface area (Å²) in [5, 5.41) is 1.24. The Hall–Kier alpha value is -2.21. The lowest BCUT2D eigenvalue weighted by Gasteiger charge is -2.14. The first-order chi connectivity index (χ1) is 9.04. The molecule has 0 bridgehead atoms. The molecule has 0 saturated carbocycles. The van der Waals surface area contributed by atoms with E-state index in [1.807, 2.05) is 24.3 Å². The Kier molecular flexibility index (Phi) is 3.62. The molecule has 0 aliphatic rings. The van der Waals surface area contributed by atoms with Gasteiger partial charge in [-0.05, 0) is 12.0 Å².